The van der Waals surface area contributed by atoms with Crippen molar-refractivity contribution in [1.82, 2.24) is 9.97 Å². The maximum atomic E-state index is 14.1. The van der Waals surface area contributed by atoms with Crippen LogP contribution in [-0.4, -0.2) is 9.97 Å². The van der Waals surface area contributed by atoms with Gasteiger partial charge in [-0.1, -0.05) is 36.5 Å². The van der Waals surface area contributed by atoms with Gasteiger partial charge in [-0.05, 0) is 55.0 Å². The Hall–Kier alpha value is -2.35. The van der Waals surface area contributed by atoms with Gasteiger partial charge in [-0.25, -0.2) is 14.4 Å². The predicted octanol–water partition coefficient (Wildman–Crippen LogP) is 7.64. The molecular weight excluding hydrogens is 433 g/mol. The van der Waals surface area contributed by atoms with Crippen LogP contribution in [0.2, 0.25) is 0 Å². The lowest BCUT2D eigenvalue weighted by Gasteiger charge is -2.18. The first kappa shape index (κ1) is 18.4. The summed E-state index contributed by atoms with van der Waals surface area (Å²) in [6.07, 6.45) is 3.38. The standard InChI is InChI=1S/C23H18FN3S3/c1-12-9-10-13-18(11-12)29-22(19(13)21-25-15-6-2-3-7-16(15)28-21)27-23-26-20-14(24)5-4-8-17(20)30-23/h2-8,12H,9-11H2,1H3,(H,26,27)/t12-/m1/s1. The van der Waals surface area contributed by atoms with Gasteiger partial charge in [0.25, 0.3) is 0 Å². The highest BCUT2D eigenvalue weighted by Crippen LogP contribution is 2.48. The zero-order valence-electron chi connectivity index (χ0n) is 16.2. The Kier molecular flexibility index (Phi) is 4.37. The quantitative estimate of drug-likeness (QED) is 0.306. The number of fused-ring (bicyclic) bond motifs is 3. The smallest absolute Gasteiger partial charge is 0.189 e. The third-order valence-electron chi connectivity index (χ3n) is 5.61. The van der Waals surface area contributed by atoms with E-state index in [1.165, 1.54) is 44.5 Å². The molecule has 2 aromatic carbocycles. The number of nitrogens with zero attached hydrogens (tertiary/aromatic N) is 2. The summed E-state index contributed by atoms with van der Waals surface area (Å²) in [5.74, 6) is 0.422. The molecule has 6 rings (SSSR count). The van der Waals surface area contributed by atoms with Crippen molar-refractivity contribution in [3.05, 3.63) is 58.7 Å². The molecule has 5 aromatic rings. The molecule has 3 aromatic heterocycles. The first-order valence-corrected chi connectivity index (χ1v) is 12.4. The number of thiazole rings is 2. The number of nitrogens with one attached hydrogen (secondary N) is 1. The Labute approximate surface area is 185 Å². The second kappa shape index (κ2) is 7.11. The zero-order chi connectivity index (χ0) is 20.2. The summed E-state index contributed by atoms with van der Waals surface area (Å²) >= 11 is 5.04. The maximum absolute atomic E-state index is 14.1. The highest BCUT2D eigenvalue weighted by Gasteiger charge is 2.27. The molecule has 30 heavy (non-hydrogen) atoms. The van der Waals surface area contributed by atoms with Crippen molar-refractivity contribution in [2.75, 3.05) is 5.32 Å². The van der Waals surface area contributed by atoms with Gasteiger partial charge in [-0.2, -0.15) is 0 Å². The van der Waals surface area contributed by atoms with Crippen LogP contribution < -0.4 is 5.32 Å². The first-order valence-electron chi connectivity index (χ1n) is 9.98. The Morgan fingerprint density at radius 3 is 2.73 bits per heavy atom. The molecule has 0 fully saturated rings. The van der Waals surface area contributed by atoms with Crippen LogP contribution in [0, 0.1) is 11.7 Å². The Bertz CT molecular complexity index is 1360. The lowest BCUT2D eigenvalue weighted by atomic mass is 9.88. The van der Waals surface area contributed by atoms with Crippen LogP contribution in [0.5, 0.6) is 0 Å². The summed E-state index contributed by atoms with van der Waals surface area (Å²) in [5, 5.41) is 6.39. The molecule has 0 spiro atoms. The van der Waals surface area contributed by atoms with E-state index < -0.39 is 0 Å². The SMILES string of the molecule is C[C@@H]1CCc2c(sc(Nc3nc4c(F)cccc4s3)c2-c2nc3ccccc3s2)C1. The van der Waals surface area contributed by atoms with Crippen molar-refractivity contribution in [3.63, 3.8) is 0 Å². The topological polar surface area (TPSA) is 37.8 Å². The minimum absolute atomic E-state index is 0.275. The second-order valence-electron chi connectivity index (χ2n) is 7.77. The molecule has 0 saturated carbocycles. The second-order valence-corrected chi connectivity index (χ2v) is 10.9. The number of anilines is 2. The number of hydrogen-bond acceptors (Lipinski definition) is 6. The van der Waals surface area contributed by atoms with E-state index in [1.54, 1.807) is 17.4 Å². The van der Waals surface area contributed by atoms with E-state index in [9.17, 15) is 4.39 Å². The Morgan fingerprint density at radius 1 is 1.00 bits per heavy atom. The molecule has 1 aliphatic carbocycles. The van der Waals surface area contributed by atoms with E-state index in [4.69, 9.17) is 4.98 Å². The fraction of sp³-hybridized carbons (Fsp3) is 0.217. The summed E-state index contributed by atoms with van der Waals surface area (Å²) < 4.78 is 16.2. The maximum Gasteiger partial charge on any atom is 0.189 e. The highest BCUT2D eigenvalue weighted by molar-refractivity contribution is 7.24. The van der Waals surface area contributed by atoms with Gasteiger partial charge in [0.05, 0.1) is 14.9 Å². The summed E-state index contributed by atoms with van der Waals surface area (Å²) in [6, 6.07) is 13.4. The lowest BCUT2D eigenvalue weighted by Crippen LogP contribution is -2.09. The van der Waals surface area contributed by atoms with Gasteiger partial charge in [-0.15, -0.1) is 22.7 Å². The molecule has 0 amide bonds. The summed E-state index contributed by atoms with van der Waals surface area (Å²) in [4.78, 5) is 10.9. The van der Waals surface area contributed by atoms with E-state index in [0.29, 0.717) is 11.4 Å². The Morgan fingerprint density at radius 2 is 1.87 bits per heavy atom. The van der Waals surface area contributed by atoms with Crippen molar-refractivity contribution < 1.29 is 4.39 Å². The zero-order valence-corrected chi connectivity index (χ0v) is 18.7. The van der Waals surface area contributed by atoms with Crippen LogP contribution in [0.4, 0.5) is 14.5 Å². The molecule has 7 heteroatoms. The largest absolute Gasteiger partial charge is 0.323 e. The first-order chi connectivity index (χ1) is 14.7. The number of aromatic nitrogens is 2. The number of para-hydroxylation sites is 2. The monoisotopic (exact) mass is 451 g/mol. The van der Waals surface area contributed by atoms with Gasteiger partial charge in [0.15, 0.2) is 5.13 Å². The lowest BCUT2D eigenvalue weighted by molar-refractivity contribution is 0.508. The van der Waals surface area contributed by atoms with Gasteiger partial charge in [0.1, 0.15) is 21.3 Å². The minimum Gasteiger partial charge on any atom is -0.323 e. The third-order valence-corrected chi connectivity index (χ3v) is 8.77. The van der Waals surface area contributed by atoms with Crippen LogP contribution in [-0.2, 0) is 12.8 Å². The van der Waals surface area contributed by atoms with Gasteiger partial charge < -0.3 is 5.32 Å². The van der Waals surface area contributed by atoms with Crippen molar-refractivity contribution in [3.8, 4) is 10.6 Å². The van der Waals surface area contributed by atoms with Crippen LogP contribution in [0.1, 0.15) is 23.8 Å². The Balaban J connectivity index is 1.49. The van der Waals surface area contributed by atoms with Crippen molar-refractivity contribution in [2.45, 2.75) is 26.2 Å². The number of benzene rings is 2. The van der Waals surface area contributed by atoms with Gasteiger partial charge in [0.2, 0.25) is 0 Å². The molecule has 0 bridgehead atoms. The third kappa shape index (κ3) is 3.04. The fourth-order valence-corrected chi connectivity index (χ4v) is 7.58. The summed E-state index contributed by atoms with van der Waals surface area (Å²) in [7, 11) is 0. The molecule has 0 saturated heterocycles. The van der Waals surface area contributed by atoms with Gasteiger partial charge in [-0.3, -0.25) is 0 Å². The molecule has 150 valence electrons. The van der Waals surface area contributed by atoms with E-state index in [1.807, 2.05) is 23.5 Å². The van der Waals surface area contributed by atoms with E-state index in [-0.39, 0.29) is 5.82 Å². The molecule has 1 aliphatic rings. The number of hydrogen-bond donors (Lipinski definition) is 1. The number of halogens is 1. The van der Waals surface area contributed by atoms with Crippen molar-refractivity contribution in [1.29, 1.82) is 0 Å². The molecular formula is C23H18FN3S3. The predicted molar refractivity (Wildman–Crippen MR) is 127 cm³/mol. The van der Waals surface area contributed by atoms with E-state index in [0.717, 1.165) is 38.2 Å². The fourth-order valence-electron chi connectivity index (χ4n) is 4.11. The van der Waals surface area contributed by atoms with Crippen LogP contribution in [0.25, 0.3) is 31.0 Å². The normalized spacial score (nSPS) is 16.3. The van der Waals surface area contributed by atoms with Crippen molar-refractivity contribution >= 4 is 64.6 Å². The van der Waals surface area contributed by atoms with Gasteiger partial charge >= 0.3 is 0 Å². The minimum atomic E-state index is -0.275. The molecule has 1 atom stereocenters. The van der Waals surface area contributed by atoms with Crippen LogP contribution in [0.3, 0.4) is 0 Å². The number of rotatable bonds is 3. The van der Waals surface area contributed by atoms with E-state index >= 15 is 0 Å². The van der Waals surface area contributed by atoms with Crippen LogP contribution in [0.15, 0.2) is 42.5 Å². The summed E-state index contributed by atoms with van der Waals surface area (Å²) in [5.41, 5.74) is 4.10. The average molecular weight is 452 g/mol. The summed E-state index contributed by atoms with van der Waals surface area (Å²) in [6.45, 7) is 2.32. The highest BCUT2D eigenvalue weighted by atomic mass is 32.1. The number of thiophene rings is 1. The van der Waals surface area contributed by atoms with Crippen molar-refractivity contribution in [2.24, 2.45) is 5.92 Å². The molecule has 1 N–H and O–H groups in total. The molecule has 3 heterocycles. The molecule has 0 aliphatic heterocycles. The van der Waals surface area contributed by atoms with Crippen LogP contribution >= 0.6 is 34.0 Å². The van der Waals surface area contributed by atoms with Gasteiger partial charge in [0, 0.05) is 10.4 Å². The average Bonchev–Trinajstić information content (AvgIpc) is 3.42. The molecule has 0 unspecified atom stereocenters. The molecule has 0 radical (unpaired) electrons. The molecule has 3 nitrogen and oxygen atoms in total. The van der Waals surface area contributed by atoms with E-state index in [2.05, 4.69) is 35.4 Å².